The molecular formula is C16H21N3. The fourth-order valence-corrected chi connectivity index (χ4v) is 1.96. The first kappa shape index (κ1) is 13.7. The van der Waals surface area contributed by atoms with E-state index in [2.05, 4.69) is 37.9 Å². The van der Waals surface area contributed by atoms with Gasteiger partial charge < -0.3 is 5.73 Å². The quantitative estimate of drug-likeness (QED) is 0.917. The van der Waals surface area contributed by atoms with Crippen LogP contribution in [-0.2, 0) is 5.41 Å². The molecule has 3 heteroatoms. The zero-order chi connectivity index (χ0) is 14.0. The molecule has 0 radical (unpaired) electrons. The maximum Gasteiger partial charge on any atom is 0.136 e. The lowest BCUT2D eigenvalue weighted by molar-refractivity contribution is 0.501. The predicted octanol–water partition coefficient (Wildman–Crippen LogP) is 3.00. The average Bonchev–Trinajstić information content (AvgIpc) is 2.38. The van der Waals surface area contributed by atoms with Crippen molar-refractivity contribution in [2.75, 3.05) is 6.54 Å². The Morgan fingerprint density at radius 1 is 1.11 bits per heavy atom. The zero-order valence-corrected chi connectivity index (χ0v) is 12.1. The summed E-state index contributed by atoms with van der Waals surface area (Å²) in [4.78, 5) is 9.26. The maximum atomic E-state index is 5.83. The topological polar surface area (TPSA) is 51.8 Å². The van der Waals surface area contributed by atoms with E-state index in [1.807, 2.05) is 25.1 Å². The molecule has 2 rings (SSSR count). The molecule has 3 nitrogen and oxygen atoms in total. The number of aryl methyl sites for hydroxylation is 2. The van der Waals surface area contributed by atoms with Gasteiger partial charge in [-0.25, -0.2) is 9.97 Å². The molecule has 0 bridgehead atoms. The molecule has 100 valence electrons. The second-order valence-corrected chi connectivity index (χ2v) is 5.62. The molecule has 0 fully saturated rings. The molecule has 2 N–H and O–H groups in total. The summed E-state index contributed by atoms with van der Waals surface area (Å²) in [5.74, 6) is 0.813. The Kier molecular flexibility index (Phi) is 3.67. The Labute approximate surface area is 114 Å². The van der Waals surface area contributed by atoms with Gasteiger partial charge in [0.1, 0.15) is 5.82 Å². The fraction of sp³-hybridized carbons (Fsp3) is 0.375. The molecule has 0 atom stereocenters. The molecule has 1 aromatic carbocycles. The third kappa shape index (κ3) is 2.82. The molecule has 1 heterocycles. The Morgan fingerprint density at radius 2 is 1.79 bits per heavy atom. The summed E-state index contributed by atoms with van der Waals surface area (Å²) in [6.45, 7) is 8.77. The van der Waals surface area contributed by atoms with Gasteiger partial charge in [0.25, 0.3) is 0 Å². The fourth-order valence-electron chi connectivity index (χ4n) is 1.96. The summed E-state index contributed by atoms with van der Waals surface area (Å²) in [5.41, 5.74) is 9.95. The van der Waals surface area contributed by atoms with Gasteiger partial charge in [-0.2, -0.15) is 0 Å². The third-order valence-corrected chi connectivity index (χ3v) is 3.39. The molecule has 2 aromatic rings. The molecule has 0 spiro atoms. The van der Waals surface area contributed by atoms with Crippen molar-refractivity contribution in [2.45, 2.75) is 33.1 Å². The molecule has 1 aromatic heterocycles. The summed E-state index contributed by atoms with van der Waals surface area (Å²) in [7, 11) is 0. The van der Waals surface area contributed by atoms with Gasteiger partial charge in [-0.1, -0.05) is 38.1 Å². The first-order chi connectivity index (χ1) is 8.94. The van der Waals surface area contributed by atoms with Crippen LogP contribution in [0.4, 0.5) is 0 Å². The third-order valence-electron chi connectivity index (χ3n) is 3.39. The highest BCUT2D eigenvalue weighted by molar-refractivity contribution is 5.63. The van der Waals surface area contributed by atoms with Crippen LogP contribution in [0.5, 0.6) is 0 Å². The van der Waals surface area contributed by atoms with Crippen molar-refractivity contribution in [2.24, 2.45) is 5.73 Å². The summed E-state index contributed by atoms with van der Waals surface area (Å²) in [5, 5.41) is 0. The van der Waals surface area contributed by atoms with Crippen LogP contribution in [0.2, 0.25) is 0 Å². The normalized spacial score (nSPS) is 11.6. The number of benzene rings is 1. The number of aromatic nitrogens is 2. The van der Waals surface area contributed by atoms with E-state index in [4.69, 9.17) is 10.7 Å². The van der Waals surface area contributed by atoms with Gasteiger partial charge in [0.15, 0.2) is 0 Å². The lowest BCUT2D eigenvalue weighted by Crippen LogP contribution is -2.30. The molecule has 0 aliphatic carbocycles. The Balaban J connectivity index is 2.58. The van der Waals surface area contributed by atoms with E-state index in [1.54, 1.807) is 0 Å². The van der Waals surface area contributed by atoms with E-state index in [0.29, 0.717) is 6.54 Å². The SMILES string of the molecule is Cc1cc(-c2ccccc2C)nc(C(C)(C)CN)n1. The van der Waals surface area contributed by atoms with Crippen LogP contribution in [0.3, 0.4) is 0 Å². The molecule has 0 aliphatic rings. The zero-order valence-electron chi connectivity index (χ0n) is 12.1. The van der Waals surface area contributed by atoms with Crippen molar-refractivity contribution in [1.29, 1.82) is 0 Å². The van der Waals surface area contributed by atoms with Crippen LogP contribution in [0.25, 0.3) is 11.3 Å². The van der Waals surface area contributed by atoms with Crippen LogP contribution in [-0.4, -0.2) is 16.5 Å². The van der Waals surface area contributed by atoms with Gasteiger partial charge in [-0.3, -0.25) is 0 Å². The minimum Gasteiger partial charge on any atom is -0.329 e. The van der Waals surface area contributed by atoms with Crippen molar-refractivity contribution in [3.8, 4) is 11.3 Å². The summed E-state index contributed by atoms with van der Waals surface area (Å²) in [6, 6.07) is 10.3. The standard InChI is InChI=1S/C16H21N3/c1-11-7-5-6-8-13(11)14-9-12(2)18-15(19-14)16(3,4)10-17/h5-9H,10,17H2,1-4H3. The molecule has 0 aliphatic heterocycles. The van der Waals surface area contributed by atoms with Crippen molar-refractivity contribution in [3.05, 3.63) is 47.4 Å². The number of nitrogens with two attached hydrogens (primary N) is 1. The van der Waals surface area contributed by atoms with Crippen molar-refractivity contribution < 1.29 is 0 Å². The lowest BCUT2D eigenvalue weighted by Gasteiger charge is -2.21. The molecule has 0 saturated carbocycles. The molecular weight excluding hydrogens is 234 g/mol. The van der Waals surface area contributed by atoms with Gasteiger partial charge in [-0.05, 0) is 25.5 Å². The highest BCUT2D eigenvalue weighted by atomic mass is 14.9. The largest absolute Gasteiger partial charge is 0.329 e. The van der Waals surface area contributed by atoms with Crippen molar-refractivity contribution >= 4 is 0 Å². The second-order valence-electron chi connectivity index (χ2n) is 5.62. The molecule has 0 unspecified atom stereocenters. The molecule has 0 amide bonds. The Morgan fingerprint density at radius 3 is 2.42 bits per heavy atom. The van der Waals surface area contributed by atoms with Crippen molar-refractivity contribution in [3.63, 3.8) is 0 Å². The van der Waals surface area contributed by atoms with Gasteiger partial charge in [0.05, 0.1) is 5.69 Å². The predicted molar refractivity (Wildman–Crippen MR) is 79.0 cm³/mol. The highest BCUT2D eigenvalue weighted by Crippen LogP contribution is 2.25. The second kappa shape index (κ2) is 5.10. The van der Waals surface area contributed by atoms with Gasteiger partial charge in [-0.15, -0.1) is 0 Å². The van der Waals surface area contributed by atoms with E-state index in [0.717, 1.165) is 22.8 Å². The van der Waals surface area contributed by atoms with Crippen LogP contribution in [0.15, 0.2) is 30.3 Å². The summed E-state index contributed by atoms with van der Waals surface area (Å²) in [6.07, 6.45) is 0. The average molecular weight is 255 g/mol. The van der Waals surface area contributed by atoms with Crippen LogP contribution in [0, 0.1) is 13.8 Å². The van der Waals surface area contributed by atoms with E-state index in [9.17, 15) is 0 Å². The molecule has 19 heavy (non-hydrogen) atoms. The number of hydrogen-bond donors (Lipinski definition) is 1. The van der Waals surface area contributed by atoms with Gasteiger partial charge in [0.2, 0.25) is 0 Å². The summed E-state index contributed by atoms with van der Waals surface area (Å²) < 4.78 is 0. The number of rotatable bonds is 3. The number of nitrogens with zero attached hydrogens (tertiary/aromatic N) is 2. The first-order valence-electron chi connectivity index (χ1n) is 6.56. The van der Waals surface area contributed by atoms with Crippen LogP contribution < -0.4 is 5.73 Å². The van der Waals surface area contributed by atoms with Crippen molar-refractivity contribution in [1.82, 2.24) is 9.97 Å². The minimum absolute atomic E-state index is 0.205. The minimum atomic E-state index is -0.205. The smallest absolute Gasteiger partial charge is 0.136 e. The van der Waals surface area contributed by atoms with E-state index < -0.39 is 0 Å². The van der Waals surface area contributed by atoms with Crippen LogP contribution in [0.1, 0.15) is 30.9 Å². The first-order valence-corrected chi connectivity index (χ1v) is 6.56. The highest BCUT2D eigenvalue weighted by Gasteiger charge is 2.23. The van der Waals surface area contributed by atoms with E-state index in [-0.39, 0.29) is 5.41 Å². The van der Waals surface area contributed by atoms with Crippen LogP contribution >= 0.6 is 0 Å². The Bertz CT molecular complexity index is 588. The number of hydrogen-bond acceptors (Lipinski definition) is 3. The lowest BCUT2D eigenvalue weighted by atomic mass is 9.92. The molecule has 0 saturated heterocycles. The van der Waals surface area contributed by atoms with E-state index in [1.165, 1.54) is 5.56 Å². The van der Waals surface area contributed by atoms with Gasteiger partial charge in [0, 0.05) is 23.2 Å². The Hall–Kier alpha value is -1.74. The monoisotopic (exact) mass is 255 g/mol. The maximum absolute atomic E-state index is 5.83. The summed E-state index contributed by atoms with van der Waals surface area (Å²) >= 11 is 0. The van der Waals surface area contributed by atoms with E-state index >= 15 is 0 Å². The van der Waals surface area contributed by atoms with Gasteiger partial charge >= 0.3 is 0 Å².